The number of hydrogen-bond acceptors (Lipinski definition) is 5. The number of pyridine rings is 1. The molecule has 5 aliphatic rings. The first-order chi connectivity index (χ1) is 17.6. The van der Waals surface area contributed by atoms with Gasteiger partial charge >= 0.3 is 0 Å². The minimum Gasteiger partial charge on any atom is -0.389 e. The number of rotatable bonds is 4. The zero-order valence-corrected chi connectivity index (χ0v) is 21.7. The maximum atomic E-state index is 15.6. The normalized spacial score (nSPS) is 25.1. The topological polar surface area (TPSA) is 80.5 Å². The summed E-state index contributed by atoms with van der Waals surface area (Å²) in [5.74, 6) is 0.853. The van der Waals surface area contributed by atoms with Crippen LogP contribution in [0.4, 0.5) is 10.2 Å². The Kier molecular flexibility index (Phi) is 5.30. The molecule has 1 amide bonds. The Bertz CT molecular complexity index is 1370. The highest BCUT2D eigenvalue weighted by Gasteiger charge is 2.55. The van der Waals surface area contributed by atoms with E-state index in [1.54, 1.807) is 24.0 Å². The average Bonchev–Trinajstić information content (AvgIpc) is 3.31. The molecule has 3 aliphatic carbocycles. The van der Waals surface area contributed by atoms with E-state index < -0.39 is 11.9 Å². The van der Waals surface area contributed by atoms with Crippen molar-refractivity contribution < 1.29 is 14.3 Å². The molecule has 2 aliphatic heterocycles. The van der Waals surface area contributed by atoms with Crippen LogP contribution in [0.2, 0.25) is 0 Å². The summed E-state index contributed by atoms with van der Waals surface area (Å²) in [5, 5.41) is 21.1. The summed E-state index contributed by atoms with van der Waals surface area (Å²) >= 11 is 0. The molecule has 1 N–H and O–H groups in total. The van der Waals surface area contributed by atoms with E-state index in [2.05, 4.69) is 31.4 Å². The second kappa shape index (κ2) is 8.13. The fourth-order valence-corrected chi connectivity index (χ4v) is 7.38. The zero-order valence-electron chi connectivity index (χ0n) is 21.7. The zero-order chi connectivity index (χ0) is 26.3. The molecule has 1 spiro atoms. The lowest BCUT2D eigenvalue weighted by Gasteiger charge is -2.57. The van der Waals surface area contributed by atoms with Gasteiger partial charge in [0.25, 0.3) is 0 Å². The Morgan fingerprint density at radius 2 is 2.08 bits per heavy atom. The molecular weight excluding hydrogens is 467 g/mol. The molecule has 0 unspecified atom stereocenters. The van der Waals surface area contributed by atoms with Crippen LogP contribution in [0.3, 0.4) is 0 Å². The van der Waals surface area contributed by atoms with Gasteiger partial charge in [0.05, 0.1) is 11.8 Å². The molecule has 2 bridgehead atoms. The van der Waals surface area contributed by atoms with Gasteiger partial charge in [-0.2, -0.15) is 5.26 Å². The lowest BCUT2D eigenvalue weighted by atomic mass is 9.48. The van der Waals surface area contributed by atoms with Crippen LogP contribution in [-0.4, -0.2) is 47.1 Å². The van der Waals surface area contributed by atoms with Crippen molar-refractivity contribution in [2.75, 3.05) is 31.1 Å². The van der Waals surface area contributed by atoms with Crippen molar-refractivity contribution in [2.24, 2.45) is 16.7 Å². The number of amides is 1. The summed E-state index contributed by atoms with van der Waals surface area (Å²) in [5.41, 5.74) is 3.85. The van der Waals surface area contributed by atoms with Crippen molar-refractivity contribution in [3.63, 3.8) is 0 Å². The number of benzene rings is 1. The summed E-state index contributed by atoms with van der Waals surface area (Å²) in [6, 6.07) is 7.17. The number of nitrogens with zero attached hydrogens (tertiary/aromatic N) is 4. The van der Waals surface area contributed by atoms with Gasteiger partial charge in [-0.15, -0.1) is 0 Å². The van der Waals surface area contributed by atoms with Crippen LogP contribution in [-0.2, 0) is 11.2 Å². The van der Waals surface area contributed by atoms with E-state index in [-0.39, 0.29) is 22.7 Å². The lowest BCUT2D eigenvalue weighted by molar-refractivity contribution is -0.136. The molecule has 1 aromatic carbocycles. The van der Waals surface area contributed by atoms with Gasteiger partial charge in [-0.05, 0) is 60.8 Å². The van der Waals surface area contributed by atoms with Crippen molar-refractivity contribution in [2.45, 2.75) is 52.1 Å². The van der Waals surface area contributed by atoms with E-state index in [9.17, 15) is 15.2 Å². The summed E-state index contributed by atoms with van der Waals surface area (Å²) in [6.45, 7) is 12.6. The third-order valence-electron chi connectivity index (χ3n) is 9.70. The number of halogens is 1. The predicted molar refractivity (Wildman–Crippen MR) is 139 cm³/mol. The Labute approximate surface area is 217 Å². The molecule has 7 rings (SSSR count). The van der Waals surface area contributed by atoms with Crippen molar-refractivity contribution in [3.8, 4) is 17.2 Å². The average molecular weight is 501 g/mol. The summed E-state index contributed by atoms with van der Waals surface area (Å²) < 4.78 is 15.6. The smallest absolute Gasteiger partial charge is 0.245 e. The number of anilines is 1. The van der Waals surface area contributed by atoms with Crippen LogP contribution in [0, 0.1) is 33.9 Å². The number of hydrogen-bond donors (Lipinski definition) is 1. The maximum Gasteiger partial charge on any atom is 0.245 e. The Morgan fingerprint density at radius 1 is 1.32 bits per heavy atom. The maximum absolute atomic E-state index is 15.6. The molecule has 3 atom stereocenters. The first-order valence-electron chi connectivity index (χ1n) is 13.2. The molecule has 1 aromatic heterocycles. The van der Waals surface area contributed by atoms with E-state index in [0.29, 0.717) is 53.6 Å². The number of aliphatic hydroxyl groups is 1. The highest BCUT2D eigenvalue weighted by atomic mass is 19.1. The van der Waals surface area contributed by atoms with E-state index in [4.69, 9.17) is 4.98 Å². The van der Waals surface area contributed by atoms with E-state index in [1.807, 2.05) is 0 Å². The number of likely N-dealkylation sites (tertiary alicyclic amines) is 1. The molecule has 192 valence electrons. The second-order valence-corrected chi connectivity index (χ2v) is 12.1. The first-order valence-corrected chi connectivity index (χ1v) is 13.2. The van der Waals surface area contributed by atoms with Crippen molar-refractivity contribution >= 4 is 11.7 Å². The quantitative estimate of drug-likeness (QED) is 0.615. The van der Waals surface area contributed by atoms with Crippen LogP contribution in [0.25, 0.3) is 11.1 Å². The van der Waals surface area contributed by atoms with Gasteiger partial charge in [-0.3, -0.25) is 4.79 Å². The van der Waals surface area contributed by atoms with Crippen LogP contribution in [0.1, 0.15) is 68.0 Å². The molecule has 37 heavy (non-hydrogen) atoms. The molecule has 7 heteroatoms. The third-order valence-corrected chi connectivity index (χ3v) is 9.70. The van der Waals surface area contributed by atoms with Gasteiger partial charge in [-0.1, -0.05) is 32.6 Å². The molecule has 2 aromatic rings. The second-order valence-electron chi connectivity index (χ2n) is 12.1. The van der Waals surface area contributed by atoms with Gasteiger partial charge < -0.3 is 14.9 Å². The highest BCUT2D eigenvalue weighted by molar-refractivity contribution is 5.88. The first kappa shape index (κ1) is 24.1. The Morgan fingerprint density at radius 3 is 2.73 bits per heavy atom. The fraction of sp³-hybridized carbons (Fsp3) is 0.500. The molecule has 3 fully saturated rings. The fourth-order valence-electron chi connectivity index (χ4n) is 7.38. The van der Waals surface area contributed by atoms with Gasteiger partial charge in [0.15, 0.2) is 0 Å². The van der Waals surface area contributed by atoms with E-state index in [1.165, 1.54) is 12.1 Å². The molecule has 3 heterocycles. The lowest BCUT2D eigenvalue weighted by Crippen LogP contribution is -2.59. The number of carbonyl (C=O) groups is 1. The molecule has 6 nitrogen and oxygen atoms in total. The Balaban J connectivity index is 1.51. The number of nitriles is 1. The van der Waals surface area contributed by atoms with E-state index in [0.717, 1.165) is 37.1 Å². The molecule has 0 radical (unpaired) electrons. The van der Waals surface area contributed by atoms with Gasteiger partial charge in [0.1, 0.15) is 23.3 Å². The number of carbonyl (C=O) groups excluding carboxylic acids is 1. The monoisotopic (exact) mass is 500 g/mol. The standard InChI is InChI=1S/C30H33FN4O2/c1-5-24(37)35-15-30(16-35)9-10-34(14-30)28-21(13-32)25(26-19(17(2)36)7-6-8-23(26)31)20-11-18-12-22(27(20)33-28)29(18,3)4/h5-8,17-18,22,36H,1,9-12,14-16H2,2-4H3/t17-,18+,22+/m1/s1. The minimum atomic E-state index is -0.877. The van der Waals surface area contributed by atoms with E-state index >= 15 is 4.39 Å². The van der Waals surface area contributed by atoms with Crippen LogP contribution >= 0.6 is 0 Å². The minimum absolute atomic E-state index is 0.0211. The van der Waals surface area contributed by atoms with Crippen LogP contribution in [0.15, 0.2) is 30.9 Å². The van der Waals surface area contributed by atoms with Crippen LogP contribution in [0.5, 0.6) is 0 Å². The van der Waals surface area contributed by atoms with Crippen molar-refractivity contribution in [3.05, 3.63) is 59.1 Å². The SMILES string of the molecule is C=CC(=O)N1CC2(CCN(c3nc4c(c(-c5c(F)cccc5[C@@H](C)O)c3C#N)C[C@H]3C[C@@H]4C3(C)C)C2)C1. The van der Waals surface area contributed by atoms with Gasteiger partial charge in [0, 0.05) is 48.6 Å². The molecule has 1 saturated carbocycles. The van der Waals surface area contributed by atoms with Crippen molar-refractivity contribution in [1.29, 1.82) is 5.26 Å². The summed E-state index contributed by atoms with van der Waals surface area (Å²) in [7, 11) is 0. The Hall–Kier alpha value is -3.24. The third kappa shape index (κ3) is 3.38. The van der Waals surface area contributed by atoms with Gasteiger partial charge in [0.2, 0.25) is 5.91 Å². The molecular formula is C30H33FN4O2. The van der Waals surface area contributed by atoms with Crippen LogP contribution < -0.4 is 4.90 Å². The summed E-state index contributed by atoms with van der Waals surface area (Å²) in [6.07, 6.45) is 3.19. The number of aliphatic hydroxyl groups excluding tert-OH is 1. The van der Waals surface area contributed by atoms with Crippen molar-refractivity contribution in [1.82, 2.24) is 9.88 Å². The molecule has 2 saturated heterocycles. The largest absolute Gasteiger partial charge is 0.389 e. The van der Waals surface area contributed by atoms with Gasteiger partial charge in [-0.25, -0.2) is 9.37 Å². The summed E-state index contributed by atoms with van der Waals surface area (Å²) in [4.78, 5) is 21.2. The number of aromatic nitrogens is 1. The highest BCUT2D eigenvalue weighted by Crippen LogP contribution is 2.63. The predicted octanol–water partition coefficient (Wildman–Crippen LogP) is 4.72.